The fourth-order valence-electron chi connectivity index (χ4n) is 4.79. The molecule has 0 radical (unpaired) electrons. The topological polar surface area (TPSA) is 49.4 Å². The third-order valence-electron chi connectivity index (χ3n) is 6.50. The Hall–Kier alpha value is -4.18. The zero-order valence-electron chi connectivity index (χ0n) is 19.3. The summed E-state index contributed by atoms with van der Waals surface area (Å²) in [6, 6.07) is 31.3. The quantitative estimate of drug-likeness (QED) is 0.408. The average Bonchev–Trinajstić information content (AvgIpc) is 2.87. The van der Waals surface area contributed by atoms with E-state index in [1.54, 1.807) is 4.90 Å². The Morgan fingerprint density at radius 2 is 1.35 bits per heavy atom. The van der Waals surface area contributed by atoms with Gasteiger partial charge in [0.2, 0.25) is 0 Å². The number of carbonyl (C=O) groups excluding carboxylic acids is 2. The molecule has 0 fully saturated rings. The first kappa shape index (κ1) is 21.7. The van der Waals surface area contributed by atoms with E-state index in [9.17, 15) is 9.59 Å². The van der Waals surface area contributed by atoms with Crippen molar-refractivity contribution in [2.45, 2.75) is 19.8 Å². The maximum absolute atomic E-state index is 13.9. The number of rotatable bonds is 4. The molecule has 2 amide bonds. The lowest BCUT2D eigenvalue weighted by atomic mass is 9.82. The maximum atomic E-state index is 13.9. The molecular weight excluding hydrogens is 420 g/mol. The SMILES string of the molecule is Cc1cc(C2CNC(=O)c3ccccc32)c(C)cc1C(=O)N(c1ccccc1)c1ccccc1. The fraction of sp³-hybridized carbons (Fsp3) is 0.133. The lowest BCUT2D eigenvalue weighted by Crippen LogP contribution is -2.35. The monoisotopic (exact) mass is 446 g/mol. The van der Waals surface area contributed by atoms with Gasteiger partial charge in [0.05, 0.1) is 0 Å². The van der Waals surface area contributed by atoms with Crippen molar-refractivity contribution >= 4 is 23.2 Å². The van der Waals surface area contributed by atoms with E-state index >= 15 is 0 Å². The Kier molecular flexibility index (Phi) is 5.72. The number of para-hydroxylation sites is 2. The van der Waals surface area contributed by atoms with Gasteiger partial charge in [0.15, 0.2) is 0 Å². The van der Waals surface area contributed by atoms with Crippen LogP contribution in [0.5, 0.6) is 0 Å². The predicted molar refractivity (Wildman–Crippen MR) is 136 cm³/mol. The molecular formula is C30H26N2O2. The minimum Gasteiger partial charge on any atom is -0.351 e. The molecule has 0 saturated heterocycles. The van der Waals surface area contributed by atoms with E-state index < -0.39 is 0 Å². The second-order valence-electron chi connectivity index (χ2n) is 8.69. The van der Waals surface area contributed by atoms with Crippen LogP contribution in [0.25, 0.3) is 0 Å². The first-order valence-corrected chi connectivity index (χ1v) is 11.5. The van der Waals surface area contributed by atoms with Crippen molar-refractivity contribution in [2.75, 3.05) is 11.4 Å². The number of carbonyl (C=O) groups is 2. The van der Waals surface area contributed by atoms with E-state index in [0.29, 0.717) is 12.1 Å². The third kappa shape index (κ3) is 3.88. The number of fused-ring (bicyclic) bond motifs is 1. The van der Waals surface area contributed by atoms with E-state index in [-0.39, 0.29) is 17.7 Å². The molecule has 4 aromatic carbocycles. The van der Waals surface area contributed by atoms with Gasteiger partial charge in [-0.25, -0.2) is 0 Å². The van der Waals surface area contributed by atoms with Crippen LogP contribution in [0.3, 0.4) is 0 Å². The first-order chi connectivity index (χ1) is 16.5. The second kappa shape index (κ2) is 8.99. The summed E-state index contributed by atoms with van der Waals surface area (Å²) in [5.41, 5.74) is 7.14. The van der Waals surface area contributed by atoms with E-state index in [1.165, 1.54) is 0 Å². The Balaban J connectivity index is 1.57. The number of aryl methyl sites for hydroxylation is 2. The molecule has 34 heavy (non-hydrogen) atoms. The van der Waals surface area contributed by atoms with Crippen molar-refractivity contribution in [2.24, 2.45) is 0 Å². The summed E-state index contributed by atoms with van der Waals surface area (Å²) >= 11 is 0. The summed E-state index contributed by atoms with van der Waals surface area (Å²) in [6.07, 6.45) is 0. The highest BCUT2D eigenvalue weighted by molar-refractivity contribution is 6.11. The summed E-state index contributed by atoms with van der Waals surface area (Å²) in [7, 11) is 0. The van der Waals surface area contributed by atoms with Crippen LogP contribution in [-0.2, 0) is 0 Å². The lowest BCUT2D eigenvalue weighted by Gasteiger charge is -2.29. The largest absolute Gasteiger partial charge is 0.351 e. The molecule has 1 aliphatic heterocycles. The molecule has 1 N–H and O–H groups in total. The number of anilines is 2. The molecule has 1 aliphatic rings. The minimum absolute atomic E-state index is 0.0330. The zero-order chi connectivity index (χ0) is 23.7. The van der Waals surface area contributed by atoms with Gasteiger partial charge in [0, 0.05) is 35.0 Å². The predicted octanol–water partition coefficient (Wildman–Crippen LogP) is 6.16. The molecule has 5 rings (SSSR count). The number of hydrogen-bond donors (Lipinski definition) is 1. The summed E-state index contributed by atoms with van der Waals surface area (Å²) in [5.74, 6) is -0.0487. The Bertz CT molecular complexity index is 1320. The Labute approximate surface area is 199 Å². The van der Waals surface area contributed by atoms with Gasteiger partial charge in [-0.15, -0.1) is 0 Å². The van der Waals surface area contributed by atoms with Crippen LogP contribution in [0.1, 0.15) is 48.9 Å². The minimum atomic E-state index is -0.0677. The van der Waals surface area contributed by atoms with Gasteiger partial charge in [0.1, 0.15) is 0 Å². The number of nitrogens with zero attached hydrogens (tertiary/aromatic N) is 1. The number of benzene rings is 4. The summed E-state index contributed by atoms with van der Waals surface area (Å²) < 4.78 is 0. The van der Waals surface area contributed by atoms with Crippen molar-refractivity contribution in [3.63, 3.8) is 0 Å². The molecule has 0 aliphatic carbocycles. The molecule has 4 aromatic rings. The molecule has 0 saturated carbocycles. The highest BCUT2D eigenvalue weighted by Crippen LogP contribution is 2.35. The van der Waals surface area contributed by atoms with Crippen molar-refractivity contribution < 1.29 is 9.59 Å². The summed E-state index contributed by atoms with van der Waals surface area (Å²) in [6.45, 7) is 4.57. The summed E-state index contributed by atoms with van der Waals surface area (Å²) in [5, 5.41) is 3.02. The molecule has 1 atom stereocenters. The molecule has 4 heteroatoms. The van der Waals surface area contributed by atoms with Crippen molar-refractivity contribution in [3.8, 4) is 0 Å². The van der Waals surface area contributed by atoms with Gasteiger partial charge in [0.25, 0.3) is 11.8 Å². The fourth-order valence-corrected chi connectivity index (χ4v) is 4.79. The Morgan fingerprint density at radius 1 is 0.765 bits per heavy atom. The molecule has 1 heterocycles. The van der Waals surface area contributed by atoms with Crippen molar-refractivity contribution in [3.05, 3.63) is 130 Å². The average molecular weight is 447 g/mol. The van der Waals surface area contributed by atoms with E-state index in [2.05, 4.69) is 11.4 Å². The zero-order valence-corrected chi connectivity index (χ0v) is 19.3. The molecule has 0 aromatic heterocycles. The maximum Gasteiger partial charge on any atom is 0.263 e. The summed E-state index contributed by atoms with van der Waals surface area (Å²) in [4.78, 5) is 28.0. The van der Waals surface area contributed by atoms with Gasteiger partial charge >= 0.3 is 0 Å². The lowest BCUT2D eigenvalue weighted by molar-refractivity contribution is 0.0941. The Morgan fingerprint density at radius 3 is 2.00 bits per heavy atom. The van der Waals surface area contributed by atoms with Crippen LogP contribution in [-0.4, -0.2) is 18.4 Å². The van der Waals surface area contributed by atoms with Crippen molar-refractivity contribution in [1.29, 1.82) is 0 Å². The molecule has 0 spiro atoms. The smallest absolute Gasteiger partial charge is 0.263 e. The second-order valence-corrected chi connectivity index (χ2v) is 8.69. The number of hydrogen-bond acceptors (Lipinski definition) is 2. The normalized spacial score (nSPS) is 14.8. The number of amides is 2. The highest BCUT2D eigenvalue weighted by Gasteiger charge is 2.29. The molecule has 4 nitrogen and oxygen atoms in total. The standard InChI is InChI=1S/C30H26N2O2/c1-20-18-27(30(34)32(22-11-5-3-6-12-22)23-13-7-4-8-14-23)21(2)17-26(20)28-19-31-29(33)25-16-10-9-15-24(25)28/h3-18,28H,19H2,1-2H3,(H,31,33). The third-order valence-corrected chi connectivity index (χ3v) is 6.50. The van der Waals surface area contributed by atoms with Crippen LogP contribution in [0.2, 0.25) is 0 Å². The van der Waals surface area contributed by atoms with Crippen LogP contribution in [0.15, 0.2) is 97.1 Å². The van der Waals surface area contributed by atoms with E-state index in [4.69, 9.17) is 0 Å². The van der Waals surface area contributed by atoms with Crippen LogP contribution < -0.4 is 10.2 Å². The number of nitrogens with one attached hydrogen (secondary N) is 1. The van der Waals surface area contributed by atoms with Gasteiger partial charge in [-0.1, -0.05) is 60.7 Å². The molecule has 1 unspecified atom stereocenters. The van der Waals surface area contributed by atoms with E-state index in [0.717, 1.165) is 39.2 Å². The highest BCUT2D eigenvalue weighted by atomic mass is 16.2. The van der Waals surface area contributed by atoms with Gasteiger partial charge in [-0.05, 0) is 72.5 Å². The molecule has 168 valence electrons. The van der Waals surface area contributed by atoms with E-state index in [1.807, 2.05) is 105 Å². The first-order valence-electron chi connectivity index (χ1n) is 11.5. The van der Waals surface area contributed by atoms with Gasteiger partial charge < -0.3 is 5.32 Å². The van der Waals surface area contributed by atoms with Crippen LogP contribution in [0.4, 0.5) is 11.4 Å². The van der Waals surface area contributed by atoms with Crippen molar-refractivity contribution in [1.82, 2.24) is 5.32 Å². The van der Waals surface area contributed by atoms with Crippen LogP contribution >= 0.6 is 0 Å². The van der Waals surface area contributed by atoms with Crippen LogP contribution in [0, 0.1) is 13.8 Å². The van der Waals surface area contributed by atoms with Gasteiger partial charge in [-0.3, -0.25) is 14.5 Å². The van der Waals surface area contributed by atoms with Gasteiger partial charge in [-0.2, -0.15) is 0 Å². The molecule has 0 bridgehead atoms.